The summed E-state index contributed by atoms with van der Waals surface area (Å²) in [5, 5.41) is 19.9. The smallest absolute Gasteiger partial charge is 0.174 e. The lowest BCUT2D eigenvalue weighted by Crippen LogP contribution is -2.27. The number of ketones is 2. The predicted octanol–water partition coefficient (Wildman–Crippen LogP) is 23.0. The van der Waals surface area contributed by atoms with E-state index in [1.54, 1.807) is 27.8 Å². The number of aryl methyl sites for hydroxylation is 3. The predicted molar refractivity (Wildman–Crippen MR) is 401 cm³/mol. The summed E-state index contributed by atoms with van der Waals surface area (Å²) in [7, 11) is 0. The van der Waals surface area contributed by atoms with Crippen LogP contribution in [0.5, 0.6) is 11.5 Å². The van der Waals surface area contributed by atoms with Gasteiger partial charge in [0.2, 0.25) is 0 Å². The maximum Gasteiger partial charge on any atom is 0.174 e. The minimum absolute atomic E-state index is 0.211. The van der Waals surface area contributed by atoms with Gasteiger partial charge >= 0.3 is 0 Å². The van der Waals surface area contributed by atoms with E-state index in [9.17, 15) is 19.8 Å². The summed E-state index contributed by atoms with van der Waals surface area (Å²) in [4.78, 5) is 25.6. The Bertz CT molecular complexity index is 4440. The topological polar surface area (TPSA) is 74.6 Å². The van der Waals surface area contributed by atoms with E-state index in [1.165, 1.54) is 199 Å². The zero-order chi connectivity index (χ0) is 68.5. The summed E-state index contributed by atoms with van der Waals surface area (Å²) >= 11 is 0. The summed E-state index contributed by atoms with van der Waals surface area (Å²) in [6.07, 6.45) is 21.7. The first-order valence-electron chi connectivity index (χ1n) is 37.4. The van der Waals surface area contributed by atoms with Crippen LogP contribution in [0.3, 0.4) is 0 Å². The van der Waals surface area contributed by atoms with Gasteiger partial charge < -0.3 is 10.2 Å². The Hall–Kier alpha value is -7.30. The van der Waals surface area contributed by atoms with Gasteiger partial charge in [-0.1, -0.05) is 81.8 Å². The fraction of sp³-hybridized carbons (Fsp3) is 0.462. The summed E-state index contributed by atoms with van der Waals surface area (Å²) in [6.45, 7) is 48.2. The van der Waals surface area contributed by atoms with Crippen molar-refractivity contribution in [2.24, 2.45) is 56.7 Å². The second kappa shape index (κ2) is 21.8. The fourth-order valence-corrected chi connectivity index (χ4v) is 24.6. The van der Waals surface area contributed by atoms with Crippen molar-refractivity contribution in [1.82, 2.24) is 0 Å². The van der Waals surface area contributed by atoms with E-state index in [0.717, 1.165) is 73.1 Å². The first kappa shape index (κ1) is 64.4. The Morgan fingerprint density at radius 1 is 0.371 bits per heavy atom. The van der Waals surface area contributed by atoms with E-state index >= 15 is 0 Å². The monoisotopic (exact) mass is 1280 g/mol. The van der Waals surface area contributed by atoms with E-state index in [-0.39, 0.29) is 5.41 Å². The Kier molecular flexibility index (Phi) is 14.5. The van der Waals surface area contributed by atoms with Crippen molar-refractivity contribution in [2.75, 3.05) is 0 Å². The number of phenols is 2. The number of allylic oxidation sites excluding steroid dienone is 14. The highest BCUT2D eigenvalue weighted by atomic mass is 16.3. The van der Waals surface area contributed by atoms with Gasteiger partial charge in [-0.25, -0.2) is 0 Å². The van der Waals surface area contributed by atoms with Crippen molar-refractivity contribution in [3.63, 3.8) is 0 Å². The van der Waals surface area contributed by atoms with Crippen LogP contribution >= 0.6 is 0 Å². The average molecular weight is 1290 g/mol. The standard InChI is InChI=1S/C20H24.C19H20O.3C18H20O/c1-11-6-7-17-18(12(11)2)15(5)20-9-8-16(10-20)13(3)14(4)19(17)20;1-10-5-6-15-16(11(10)2)18(20)19-8-7-14(9-19)12(3)13(4)17(15)19;2*1-10-11(2)17-14-4-5-16(19)12(3)15(14)9-18(17)7-6-13(10)8-18;1-10-4-5-14-15(11(10)2)9-18-7-6-13(8-18)17(19)12(3)16(14)18/h6-7,15-16H,3,8-10H2,1-2,4-5H3;5-6,14H,3,7-9H2,1-2,4H3;2*4-5,13,19H,1,6-9H2,2-3H3;4-5,13H,6-9H2,1-3H3. The summed E-state index contributed by atoms with van der Waals surface area (Å²) < 4.78 is 0. The minimum atomic E-state index is -0.211. The molecule has 4 heteroatoms. The third-order valence-electron chi connectivity index (χ3n) is 30.3. The molecule has 15 aliphatic carbocycles. The molecule has 5 aromatic rings. The summed E-state index contributed by atoms with van der Waals surface area (Å²) in [5.74, 6) is 5.38. The molecule has 5 spiro atoms. The third kappa shape index (κ3) is 8.65. The number of carbonyl (C=O) groups excluding carboxylic acids is 2. The maximum absolute atomic E-state index is 13.2. The van der Waals surface area contributed by atoms with E-state index < -0.39 is 0 Å². The number of hydrogen-bond donors (Lipinski definition) is 2. The molecule has 0 amide bonds. The molecule has 500 valence electrons. The van der Waals surface area contributed by atoms with Crippen molar-refractivity contribution in [1.29, 1.82) is 0 Å². The molecule has 20 rings (SSSR count). The number of phenolic OH excluding ortho intramolecular Hbond substituents is 2. The van der Waals surface area contributed by atoms with Gasteiger partial charge in [-0.3, -0.25) is 9.59 Å². The molecule has 11 atom stereocenters. The molecular formula is C93H104O4. The van der Waals surface area contributed by atoms with Crippen LogP contribution in [0.4, 0.5) is 0 Å². The van der Waals surface area contributed by atoms with Crippen molar-refractivity contribution in [3.8, 4) is 11.5 Å². The second-order valence-electron chi connectivity index (χ2n) is 34.2. The van der Waals surface area contributed by atoms with Crippen LogP contribution < -0.4 is 0 Å². The first-order chi connectivity index (χ1) is 46.0. The van der Waals surface area contributed by atoms with Crippen LogP contribution in [0.15, 0.2) is 137 Å². The van der Waals surface area contributed by atoms with Crippen molar-refractivity contribution in [3.05, 3.63) is 237 Å². The lowest BCUT2D eigenvalue weighted by molar-refractivity contribution is -0.119. The fourth-order valence-electron chi connectivity index (χ4n) is 24.6. The molecule has 0 aliphatic heterocycles. The number of benzene rings is 5. The normalized spacial score (nSPS) is 32.1. The lowest BCUT2D eigenvalue weighted by atomic mass is 9.66. The molecule has 4 nitrogen and oxygen atoms in total. The molecule has 15 aliphatic rings. The highest BCUT2D eigenvalue weighted by Gasteiger charge is 2.60. The van der Waals surface area contributed by atoms with Crippen LogP contribution in [-0.4, -0.2) is 21.8 Å². The van der Waals surface area contributed by atoms with Gasteiger partial charge in [0, 0.05) is 33.1 Å². The Morgan fingerprint density at radius 3 is 1.29 bits per heavy atom. The van der Waals surface area contributed by atoms with Gasteiger partial charge in [0.25, 0.3) is 0 Å². The summed E-state index contributed by atoms with van der Waals surface area (Å²) in [5.41, 5.74) is 45.0. The Labute approximate surface area is 579 Å². The Balaban J connectivity index is 0.0000000951. The largest absolute Gasteiger partial charge is 0.508 e. The van der Waals surface area contributed by atoms with E-state index in [1.807, 2.05) is 12.1 Å². The molecule has 5 saturated carbocycles. The van der Waals surface area contributed by atoms with E-state index in [2.05, 4.69) is 172 Å². The van der Waals surface area contributed by atoms with E-state index in [0.29, 0.717) is 74.3 Å². The van der Waals surface area contributed by atoms with Crippen molar-refractivity contribution in [2.45, 2.75) is 218 Å². The third-order valence-corrected chi connectivity index (χ3v) is 30.3. The number of hydrogen-bond acceptors (Lipinski definition) is 4. The maximum atomic E-state index is 13.2. The number of rotatable bonds is 0. The zero-order valence-electron chi connectivity index (χ0n) is 61.0. The molecule has 0 aromatic heterocycles. The van der Waals surface area contributed by atoms with Gasteiger partial charge in [-0.15, -0.1) is 0 Å². The van der Waals surface area contributed by atoms with Crippen LogP contribution in [-0.2, 0) is 24.1 Å². The second-order valence-corrected chi connectivity index (χ2v) is 34.2. The first-order valence-corrected chi connectivity index (χ1v) is 37.4. The molecule has 10 bridgehead atoms. The van der Waals surface area contributed by atoms with Crippen LogP contribution in [0.25, 0.3) is 27.9 Å². The zero-order valence-corrected chi connectivity index (χ0v) is 61.0. The molecule has 0 saturated heterocycles. The number of fused-ring (bicyclic) bond motifs is 15. The Morgan fingerprint density at radius 2 is 0.753 bits per heavy atom. The highest BCUT2D eigenvalue weighted by Crippen LogP contribution is 2.71. The molecular weight excluding hydrogens is 1180 g/mol. The highest BCUT2D eigenvalue weighted by molar-refractivity contribution is 6.19. The molecule has 5 aromatic carbocycles. The van der Waals surface area contributed by atoms with Gasteiger partial charge in [0.15, 0.2) is 11.6 Å². The minimum Gasteiger partial charge on any atom is -0.508 e. The quantitative estimate of drug-likeness (QED) is 0.162. The van der Waals surface area contributed by atoms with E-state index in [4.69, 9.17) is 0 Å². The van der Waals surface area contributed by atoms with Gasteiger partial charge in [0.05, 0.1) is 5.41 Å². The average Bonchev–Trinajstić information content (AvgIpc) is 2.06. The summed E-state index contributed by atoms with van der Waals surface area (Å²) in [6, 6.07) is 21.5. The number of Topliss-reactive ketones (excluding diaryl/α,β-unsaturated/α-hetero) is 2. The molecule has 97 heavy (non-hydrogen) atoms. The molecule has 5 fully saturated rings. The van der Waals surface area contributed by atoms with Crippen molar-refractivity contribution >= 4 is 39.4 Å². The molecule has 0 heterocycles. The molecule has 2 N–H and O–H groups in total. The van der Waals surface area contributed by atoms with Crippen molar-refractivity contribution < 1.29 is 19.8 Å². The number of aromatic hydroxyl groups is 2. The molecule has 11 unspecified atom stereocenters. The van der Waals surface area contributed by atoms with Gasteiger partial charge in [-0.05, 0) is 420 Å². The number of carbonyl (C=O) groups is 2. The van der Waals surface area contributed by atoms with Crippen LogP contribution in [0.2, 0.25) is 0 Å². The molecule has 0 radical (unpaired) electrons. The van der Waals surface area contributed by atoms with Gasteiger partial charge in [0.1, 0.15) is 11.5 Å². The lowest BCUT2D eigenvalue weighted by Gasteiger charge is -2.37. The van der Waals surface area contributed by atoms with Gasteiger partial charge in [-0.2, -0.15) is 0 Å². The SMILES string of the molecule is C=C1C(C)=C2c3ccc(C)c(C)c3C(=O)C23CCC1C3.C=C1C(C)=C2c3ccc(C)c(C)c3C(C)C23CCC1C3.C=C1C(C)=C2c3ccc(O)c(C)c3CC23CCC1C3.C=C1C(C)=C2c3ccc(O)c(C)c3CC23CCC1C3.CC1=C2c3ccc(C)c(C)c3CC23CCC(C3)C1=O. The van der Waals surface area contributed by atoms with Crippen LogP contribution in [0, 0.1) is 112 Å². The van der Waals surface area contributed by atoms with Crippen LogP contribution in [0.1, 0.15) is 249 Å².